The van der Waals surface area contributed by atoms with Crippen molar-refractivity contribution in [3.63, 3.8) is 0 Å². The molecule has 10 rings (SSSR count). The number of esters is 1. The van der Waals surface area contributed by atoms with Crippen molar-refractivity contribution in [2.45, 2.75) is 76.1 Å². The first-order valence-electron chi connectivity index (χ1n) is 24.3. The molecule has 0 bridgehead atoms. The standard InChI is InChI=1S/C51H53FN11O10PS/c1-28(2)45(66)60-50-59-44-38(47(61-50)72-49(68)35(30-14-8-5-9-15-30)31-16-10-6-11-17-31)57-27-63(44)48-40(65)36(52)34(71-48)23-70-74(75,69-21-20-53-4)73-41-29(3)39(33-22-51(33,41)24-64)62-26-56-37-42(54-25-55-43(37)62)58-46(67)32-18-12-7-13-19-32/h5-19,25-29,33-36,39-41,47-48,64-65H,20-24H2,1-3H3,(H,54,55,58,67)(H2,59,60,61,66)/t29-,33+,34+,36+,39-,40+,41-,47?,48+,51-,74?/m0/s1. The van der Waals surface area contributed by atoms with Gasteiger partial charge in [-0.25, -0.2) is 35.9 Å². The number of guanidine groups is 1. The van der Waals surface area contributed by atoms with E-state index in [0.717, 1.165) is 0 Å². The zero-order valence-corrected chi connectivity index (χ0v) is 42.5. The van der Waals surface area contributed by atoms with Crippen molar-refractivity contribution < 1.29 is 52.0 Å². The van der Waals surface area contributed by atoms with E-state index in [1.54, 1.807) is 44.4 Å². The Bertz CT molecular complexity index is 3160. The SMILES string of the molecule is [C-]#[N+]CCOP(=S)(OC[C@H]1O[C@@H](n2cnc3c2NC(NC(=O)C(C)C)=NC3OC(=O)C(c2ccccc2)c2ccccc2)[C@H](O)[C@@H]1F)O[C@H]1[C@@H](C)[C@H](n2cnc3c(NC(=O)c4ccccc4)ncnc32)[C@H]2C[C@]21CO. The van der Waals surface area contributed by atoms with Gasteiger partial charge in [-0.2, -0.15) is 0 Å². The van der Waals surface area contributed by atoms with Gasteiger partial charge in [0.2, 0.25) is 24.6 Å². The molecule has 2 amide bonds. The van der Waals surface area contributed by atoms with Crippen LogP contribution >= 0.6 is 6.72 Å². The average Bonchev–Trinajstić information content (AvgIpc) is 3.67. The number of benzene rings is 3. The lowest BCUT2D eigenvalue weighted by atomic mass is 9.91. The highest BCUT2D eigenvalue weighted by Crippen LogP contribution is 2.73. The molecule has 2 unspecified atom stereocenters. The molecule has 5 heterocycles. The molecule has 1 saturated heterocycles. The van der Waals surface area contributed by atoms with Crippen molar-refractivity contribution in [1.29, 1.82) is 0 Å². The van der Waals surface area contributed by atoms with Crippen LogP contribution in [0.2, 0.25) is 0 Å². The second kappa shape index (κ2) is 21.4. The largest absolute Gasteiger partial charge is 0.433 e. The Balaban J connectivity index is 0.872. The summed E-state index contributed by atoms with van der Waals surface area (Å²) < 4.78 is 50.9. The van der Waals surface area contributed by atoms with Crippen LogP contribution < -0.4 is 16.0 Å². The molecular weight excluding hydrogens is 1010 g/mol. The van der Waals surface area contributed by atoms with E-state index >= 15 is 4.39 Å². The molecule has 2 saturated carbocycles. The van der Waals surface area contributed by atoms with E-state index in [1.807, 2.05) is 78.2 Å². The van der Waals surface area contributed by atoms with Crippen LogP contribution in [0.15, 0.2) is 115 Å². The normalized spacial score (nSPS) is 26.4. The van der Waals surface area contributed by atoms with Crippen molar-refractivity contribution in [1.82, 2.24) is 34.4 Å². The van der Waals surface area contributed by atoms with Gasteiger partial charge in [0.05, 0.1) is 32.0 Å². The number of carbonyl (C=O) groups is 3. The first-order chi connectivity index (χ1) is 36.2. The molecule has 3 aromatic carbocycles. The second-order valence-corrected chi connectivity index (χ2v) is 22.0. The molecule has 2 aliphatic carbocycles. The van der Waals surface area contributed by atoms with Crippen LogP contribution in [0.5, 0.6) is 0 Å². The number of hydrogen-bond acceptors (Lipinski definition) is 17. The minimum atomic E-state index is -3.89. The van der Waals surface area contributed by atoms with Gasteiger partial charge in [-0.3, -0.25) is 24.3 Å². The Hall–Kier alpha value is -6.87. The predicted octanol–water partition coefficient (Wildman–Crippen LogP) is 6.25. The lowest BCUT2D eigenvalue weighted by molar-refractivity contribution is -0.150. The number of aromatic nitrogens is 6. The number of aliphatic hydroxyl groups is 2. The van der Waals surface area contributed by atoms with Gasteiger partial charge >= 0.3 is 12.7 Å². The van der Waals surface area contributed by atoms with Crippen LogP contribution in [-0.4, -0.2) is 114 Å². The van der Waals surface area contributed by atoms with Gasteiger partial charge in [0.1, 0.15) is 42.6 Å². The quantitative estimate of drug-likeness (QED) is 0.0276. The summed E-state index contributed by atoms with van der Waals surface area (Å²) in [6, 6.07) is 26.5. The monoisotopic (exact) mass is 1060 g/mol. The van der Waals surface area contributed by atoms with Gasteiger partial charge in [-0.15, -0.1) is 0 Å². The van der Waals surface area contributed by atoms with E-state index < -0.39 is 79.4 Å². The molecule has 75 heavy (non-hydrogen) atoms. The van der Waals surface area contributed by atoms with Crippen molar-refractivity contribution >= 4 is 65.1 Å². The maximum Gasteiger partial charge on any atom is 0.327 e. The number of halogens is 1. The van der Waals surface area contributed by atoms with Crippen LogP contribution in [0.25, 0.3) is 16.0 Å². The van der Waals surface area contributed by atoms with E-state index in [0.29, 0.717) is 34.3 Å². The van der Waals surface area contributed by atoms with Crippen molar-refractivity contribution in [3.8, 4) is 0 Å². The summed E-state index contributed by atoms with van der Waals surface area (Å²) in [5.41, 5.74) is 1.87. The summed E-state index contributed by atoms with van der Waals surface area (Å²) in [7, 11) is 0. The molecule has 3 fully saturated rings. The summed E-state index contributed by atoms with van der Waals surface area (Å²) in [5, 5.41) is 31.0. The molecule has 5 N–H and O–H groups in total. The first-order valence-corrected chi connectivity index (χ1v) is 26.9. The molecule has 2 aliphatic heterocycles. The Morgan fingerprint density at radius 1 is 0.973 bits per heavy atom. The Labute approximate surface area is 434 Å². The lowest BCUT2D eigenvalue weighted by Gasteiger charge is -2.33. The van der Waals surface area contributed by atoms with Gasteiger partial charge in [0, 0.05) is 28.9 Å². The van der Waals surface area contributed by atoms with Gasteiger partial charge in [-0.1, -0.05) is 99.6 Å². The highest BCUT2D eigenvalue weighted by Gasteiger charge is 2.72. The number of hydrogen-bond donors (Lipinski definition) is 5. The molecule has 0 spiro atoms. The van der Waals surface area contributed by atoms with Crippen molar-refractivity contribution in [2.75, 3.05) is 37.0 Å². The van der Waals surface area contributed by atoms with Crippen molar-refractivity contribution in [2.24, 2.45) is 28.2 Å². The number of ether oxygens (including phenoxy) is 2. The number of anilines is 2. The van der Waals surface area contributed by atoms with E-state index in [4.69, 9.17) is 41.4 Å². The third-order valence-corrected chi connectivity index (χ3v) is 16.4. The predicted molar refractivity (Wildman–Crippen MR) is 273 cm³/mol. The lowest BCUT2D eigenvalue weighted by Crippen LogP contribution is -2.41. The number of carbonyl (C=O) groups excluding carboxylic acids is 3. The van der Waals surface area contributed by atoms with E-state index in [9.17, 15) is 24.6 Å². The minimum Gasteiger partial charge on any atom is -0.433 e. The second-order valence-electron chi connectivity index (χ2n) is 19.1. The zero-order chi connectivity index (χ0) is 52.6. The third kappa shape index (κ3) is 10.1. The number of amides is 2. The van der Waals surface area contributed by atoms with Crippen LogP contribution in [0, 0.1) is 29.7 Å². The third-order valence-electron chi connectivity index (χ3n) is 14.1. The number of nitrogens with zero attached hydrogens (tertiary/aromatic N) is 8. The molecular formula is C51H53FN11O10PS. The molecule has 6 aromatic rings. The molecule has 3 aromatic heterocycles. The molecule has 11 atom stereocenters. The maximum atomic E-state index is 16.4. The summed E-state index contributed by atoms with van der Waals surface area (Å²) >= 11 is 6.00. The number of alkyl halides is 1. The number of fused-ring (bicyclic) bond motifs is 3. The summed E-state index contributed by atoms with van der Waals surface area (Å²) in [5.74, 6) is -3.05. The molecule has 0 radical (unpaired) electrons. The summed E-state index contributed by atoms with van der Waals surface area (Å²) in [4.78, 5) is 66.1. The van der Waals surface area contributed by atoms with Gasteiger partial charge < -0.3 is 53.3 Å². The smallest absolute Gasteiger partial charge is 0.327 e. The molecule has 4 aliphatic rings. The topological polar surface area (TPSA) is 252 Å². The van der Waals surface area contributed by atoms with Crippen molar-refractivity contribution in [3.05, 3.63) is 144 Å². The highest BCUT2D eigenvalue weighted by molar-refractivity contribution is 8.07. The van der Waals surface area contributed by atoms with Crippen LogP contribution in [-0.2, 0) is 44.4 Å². The van der Waals surface area contributed by atoms with Gasteiger partial charge in [-0.05, 0) is 47.4 Å². The summed E-state index contributed by atoms with van der Waals surface area (Å²) in [6.07, 6.45) is -4.18. The fourth-order valence-corrected chi connectivity index (χ4v) is 12.5. The molecule has 24 heteroatoms. The van der Waals surface area contributed by atoms with Crippen LogP contribution in [0.1, 0.15) is 78.8 Å². The van der Waals surface area contributed by atoms with Gasteiger partial charge in [0.15, 0.2) is 29.4 Å². The fourth-order valence-electron chi connectivity index (χ4n) is 10.3. The van der Waals surface area contributed by atoms with Crippen LogP contribution in [0.4, 0.5) is 16.0 Å². The number of aliphatic imine (C=N–C) groups is 1. The number of imidazole rings is 2. The summed E-state index contributed by atoms with van der Waals surface area (Å²) in [6.45, 7) is 7.70. The Kier molecular flexibility index (Phi) is 14.7. The molecule has 21 nitrogen and oxygen atoms in total. The zero-order valence-electron chi connectivity index (χ0n) is 40.8. The maximum absolute atomic E-state index is 16.4. The first kappa shape index (κ1) is 51.6. The Morgan fingerprint density at radius 3 is 2.32 bits per heavy atom. The highest BCUT2D eigenvalue weighted by atomic mass is 32.5. The number of aliphatic hydroxyl groups excluding tert-OH is 2. The van der Waals surface area contributed by atoms with E-state index in [2.05, 4.69) is 45.7 Å². The minimum absolute atomic E-state index is 0.0837. The average molecular weight is 1060 g/mol. The van der Waals surface area contributed by atoms with Gasteiger partial charge in [0.25, 0.3) is 5.91 Å². The fraction of sp³-hybridized carbons (Fsp3) is 0.392. The molecule has 390 valence electrons. The van der Waals surface area contributed by atoms with Crippen LogP contribution in [0.3, 0.4) is 0 Å². The van der Waals surface area contributed by atoms with E-state index in [-0.39, 0.29) is 66.8 Å². The Morgan fingerprint density at radius 2 is 1.65 bits per heavy atom. The number of rotatable bonds is 18. The van der Waals surface area contributed by atoms with E-state index in [1.165, 1.54) is 17.2 Å². The number of nitrogens with one attached hydrogen (secondary N) is 3.